The first-order valence-electron chi connectivity index (χ1n) is 10.1. The van der Waals surface area contributed by atoms with Crippen LogP contribution in [0.5, 0.6) is 0 Å². The monoisotopic (exact) mass is 409 g/mol. The first-order valence-corrected chi connectivity index (χ1v) is 10.1. The van der Waals surface area contributed by atoms with E-state index in [9.17, 15) is 9.90 Å². The number of nitrogens with zero attached hydrogens (tertiary/aromatic N) is 3. The Morgan fingerprint density at radius 1 is 1.00 bits per heavy atom. The highest BCUT2D eigenvalue weighted by molar-refractivity contribution is 5.96. The molecule has 0 unspecified atom stereocenters. The van der Waals surface area contributed by atoms with Gasteiger partial charge in [-0.15, -0.1) is 5.92 Å². The highest BCUT2D eigenvalue weighted by Gasteiger charge is 2.18. The van der Waals surface area contributed by atoms with Gasteiger partial charge in [-0.1, -0.05) is 36.3 Å². The molecule has 0 bridgehead atoms. The van der Waals surface area contributed by atoms with Crippen LogP contribution in [0.15, 0.2) is 48.5 Å². The van der Waals surface area contributed by atoms with E-state index in [-0.39, 0.29) is 5.56 Å². The topological polar surface area (TPSA) is 68.0 Å². The lowest BCUT2D eigenvalue weighted by Crippen LogP contribution is -2.03. The lowest BCUT2D eigenvalue weighted by atomic mass is 9.99. The quantitative estimate of drug-likeness (QED) is 0.466. The number of carboxylic acids is 1. The van der Waals surface area contributed by atoms with Gasteiger partial charge in [-0.3, -0.25) is 4.57 Å². The Labute approximate surface area is 181 Å². The van der Waals surface area contributed by atoms with E-state index in [2.05, 4.69) is 25.7 Å². The molecule has 0 spiro atoms. The van der Waals surface area contributed by atoms with Gasteiger partial charge in [-0.05, 0) is 68.1 Å². The molecule has 0 aliphatic carbocycles. The second kappa shape index (κ2) is 8.08. The Hall–Kier alpha value is -3.91. The normalized spacial score (nSPS) is 10.7. The Kier molecular flexibility index (Phi) is 5.31. The molecule has 0 saturated heterocycles. The van der Waals surface area contributed by atoms with E-state index >= 15 is 0 Å². The second-order valence-corrected chi connectivity index (χ2v) is 7.48. The van der Waals surface area contributed by atoms with Gasteiger partial charge in [0.25, 0.3) is 0 Å². The fraction of sp³-hybridized carbons (Fsp3) is 0.192. The molecule has 0 fully saturated rings. The van der Waals surface area contributed by atoms with Gasteiger partial charge in [0.15, 0.2) is 5.65 Å². The molecule has 1 N–H and O–H groups in total. The number of rotatable bonds is 4. The minimum absolute atomic E-state index is 0.283. The van der Waals surface area contributed by atoms with E-state index in [4.69, 9.17) is 9.97 Å². The van der Waals surface area contributed by atoms with Crippen LogP contribution in [0.4, 0.5) is 0 Å². The first kappa shape index (κ1) is 20.4. The van der Waals surface area contributed by atoms with Crippen LogP contribution in [-0.2, 0) is 6.42 Å². The van der Waals surface area contributed by atoms with Crippen molar-refractivity contribution in [2.75, 3.05) is 0 Å². The molecule has 4 rings (SSSR count). The molecule has 5 nitrogen and oxygen atoms in total. The second-order valence-electron chi connectivity index (χ2n) is 7.48. The predicted octanol–water partition coefficient (Wildman–Crippen LogP) is 5.28. The maximum absolute atomic E-state index is 11.6. The Balaban J connectivity index is 1.89. The van der Waals surface area contributed by atoms with Crippen molar-refractivity contribution in [3.05, 3.63) is 76.7 Å². The molecular weight excluding hydrogens is 386 g/mol. The number of hydrogen-bond donors (Lipinski definition) is 1. The van der Waals surface area contributed by atoms with Gasteiger partial charge in [0.2, 0.25) is 0 Å². The number of hydrogen-bond acceptors (Lipinski definition) is 3. The Morgan fingerprint density at radius 2 is 1.71 bits per heavy atom. The van der Waals surface area contributed by atoms with E-state index in [1.807, 2.05) is 54.8 Å². The molecule has 5 heteroatoms. The van der Waals surface area contributed by atoms with Crippen LogP contribution in [0, 0.1) is 32.6 Å². The maximum Gasteiger partial charge on any atom is 0.336 e. The predicted molar refractivity (Wildman–Crippen MR) is 123 cm³/mol. The molecule has 0 aliphatic rings. The summed E-state index contributed by atoms with van der Waals surface area (Å²) in [7, 11) is 0. The van der Waals surface area contributed by atoms with Crippen molar-refractivity contribution in [3.8, 4) is 28.7 Å². The molecule has 0 radical (unpaired) electrons. The van der Waals surface area contributed by atoms with Crippen molar-refractivity contribution in [2.24, 2.45) is 0 Å². The van der Waals surface area contributed by atoms with Crippen molar-refractivity contribution in [1.29, 1.82) is 0 Å². The molecule has 2 heterocycles. The summed E-state index contributed by atoms with van der Waals surface area (Å²) in [5.74, 6) is 5.96. The molecule has 0 saturated carbocycles. The largest absolute Gasteiger partial charge is 0.478 e. The number of fused-ring (bicyclic) bond motifs is 1. The third kappa shape index (κ3) is 3.57. The maximum atomic E-state index is 11.6. The number of pyridine rings is 1. The molecule has 154 valence electrons. The molecule has 31 heavy (non-hydrogen) atoms. The van der Waals surface area contributed by atoms with Gasteiger partial charge in [0.05, 0.1) is 12.0 Å². The zero-order chi connectivity index (χ0) is 22.1. The Bertz CT molecular complexity index is 1370. The van der Waals surface area contributed by atoms with Gasteiger partial charge < -0.3 is 5.11 Å². The van der Waals surface area contributed by atoms with Crippen molar-refractivity contribution in [3.63, 3.8) is 0 Å². The van der Waals surface area contributed by atoms with Gasteiger partial charge >= 0.3 is 5.97 Å². The third-order valence-corrected chi connectivity index (χ3v) is 5.67. The van der Waals surface area contributed by atoms with E-state index in [0.29, 0.717) is 12.0 Å². The average Bonchev–Trinajstić information content (AvgIpc) is 3.14. The molecule has 0 aliphatic heterocycles. The number of aryl methyl sites for hydroxylation is 2. The summed E-state index contributed by atoms with van der Waals surface area (Å²) in [4.78, 5) is 21.3. The van der Waals surface area contributed by atoms with Gasteiger partial charge in [0.1, 0.15) is 11.3 Å². The summed E-state index contributed by atoms with van der Waals surface area (Å²) in [6.07, 6.45) is 0.522. The smallest absolute Gasteiger partial charge is 0.336 e. The minimum atomic E-state index is -0.939. The summed E-state index contributed by atoms with van der Waals surface area (Å²) >= 11 is 0. The van der Waals surface area contributed by atoms with Crippen molar-refractivity contribution in [1.82, 2.24) is 14.5 Å². The van der Waals surface area contributed by atoms with Gasteiger partial charge in [-0.25, -0.2) is 14.8 Å². The summed E-state index contributed by atoms with van der Waals surface area (Å²) in [5, 5.41) is 9.51. The highest BCUT2D eigenvalue weighted by atomic mass is 16.4. The minimum Gasteiger partial charge on any atom is -0.478 e. The molecule has 0 amide bonds. The molecular formula is C26H23N3O2. The number of imidazole rings is 1. The molecule has 4 aromatic rings. The van der Waals surface area contributed by atoms with Crippen LogP contribution in [0.1, 0.15) is 39.9 Å². The van der Waals surface area contributed by atoms with E-state index in [0.717, 1.165) is 45.1 Å². The average molecular weight is 409 g/mol. The zero-order valence-corrected chi connectivity index (χ0v) is 18.0. The SMILES string of the molecule is CC#CCc1nc2c(C)c(C)c(C)nc2n1-c1ccc(-c2ccccc2C(=O)O)cc1. The van der Waals surface area contributed by atoms with Gasteiger partial charge in [0, 0.05) is 11.4 Å². The summed E-state index contributed by atoms with van der Waals surface area (Å²) in [6, 6.07) is 14.8. The third-order valence-electron chi connectivity index (χ3n) is 5.67. The summed E-state index contributed by atoms with van der Waals surface area (Å²) < 4.78 is 2.05. The fourth-order valence-corrected chi connectivity index (χ4v) is 3.77. The molecule has 2 aromatic carbocycles. The molecule has 2 aromatic heterocycles. The standard InChI is InChI=1S/C26H23N3O2/c1-5-6-11-23-28-24-17(3)16(2)18(4)27-25(24)29(23)20-14-12-19(13-15-20)21-9-7-8-10-22(21)26(30)31/h7-10,12-15H,11H2,1-4H3,(H,30,31). The fourth-order valence-electron chi connectivity index (χ4n) is 3.77. The van der Waals surface area contributed by atoms with Crippen LogP contribution in [0.25, 0.3) is 28.0 Å². The Morgan fingerprint density at radius 3 is 2.39 bits per heavy atom. The number of carbonyl (C=O) groups is 1. The van der Waals surface area contributed by atoms with Gasteiger partial charge in [-0.2, -0.15) is 0 Å². The van der Waals surface area contributed by atoms with Crippen molar-refractivity contribution < 1.29 is 9.90 Å². The van der Waals surface area contributed by atoms with E-state index in [1.165, 1.54) is 0 Å². The van der Waals surface area contributed by atoms with E-state index < -0.39 is 5.97 Å². The number of benzene rings is 2. The number of aromatic carboxylic acids is 1. The summed E-state index contributed by atoms with van der Waals surface area (Å²) in [5.41, 5.74) is 7.68. The number of carboxylic acid groups (broad SMARTS) is 1. The molecule has 0 atom stereocenters. The summed E-state index contributed by atoms with van der Waals surface area (Å²) in [6.45, 7) is 7.97. The van der Waals surface area contributed by atoms with Crippen LogP contribution < -0.4 is 0 Å². The first-order chi connectivity index (χ1) is 14.9. The lowest BCUT2D eigenvalue weighted by molar-refractivity contribution is 0.0697. The lowest BCUT2D eigenvalue weighted by Gasteiger charge is -2.11. The van der Waals surface area contributed by atoms with Crippen molar-refractivity contribution >= 4 is 17.1 Å². The van der Waals surface area contributed by atoms with Crippen LogP contribution >= 0.6 is 0 Å². The van der Waals surface area contributed by atoms with Crippen LogP contribution in [-0.4, -0.2) is 25.6 Å². The zero-order valence-electron chi connectivity index (χ0n) is 18.0. The highest BCUT2D eigenvalue weighted by Crippen LogP contribution is 2.29. The van der Waals surface area contributed by atoms with Crippen LogP contribution in [0.2, 0.25) is 0 Å². The van der Waals surface area contributed by atoms with E-state index in [1.54, 1.807) is 12.1 Å². The van der Waals surface area contributed by atoms with Crippen LogP contribution in [0.3, 0.4) is 0 Å². The number of aromatic nitrogens is 3. The van der Waals surface area contributed by atoms with Crippen molar-refractivity contribution in [2.45, 2.75) is 34.1 Å².